The van der Waals surface area contributed by atoms with Crippen LogP contribution in [0, 0.1) is 21.8 Å². The Morgan fingerprint density at radius 1 is 1.00 bits per heavy atom. The summed E-state index contributed by atoms with van der Waals surface area (Å²) < 4.78 is 23.7. The fourth-order valence-corrected chi connectivity index (χ4v) is 3.47. The smallest absolute Gasteiger partial charge is 0.408 e. The number of nitrogens with one attached hydrogen (secondary N) is 1. The molecule has 36 heavy (non-hydrogen) atoms. The minimum atomic E-state index is -1.06. The summed E-state index contributed by atoms with van der Waals surface area (Å²) >= 11 is 0. The van der Waals surface area contributed by atoms with Crippen molar-refractivity contribution in [3.05, 3.63) is 75.6 Å². The second-order valence-electron chi connectivity index (χ2n) is 9.28. The standard InChI is InChI=1S/C26H31FN2O7/c1-5-35-24(31)19(14-17-6-10-20(27)11-7-17)16-23(30)22(28-25(32)36-26(2,3)4)15-18-8-12-21(13-9-18)29(33)34/h6-13,19,22H,5,14-16H2,1-4H3,(H,28,32)/t19-,22+/m1/s1. The quantitative estimate of drug-likeness (QED) is 0.271. The van der Waals surface area contributed by atoms with Crippen molar-refractivity contribution in [3.8, 4) is 0 Å². The van der Waals surface area contributed by atoms with E-state index < -0.39 is 46.1 Å². The summed E-state index contributed by atoms with van der Waals surface area (Å²) in [6.45, 7) is 6.81. The van der Waals surface area contributed by atoms with Crippen LogP contribution in [0.1, 0.15) is 45.2 Å². The SMILES string of the molecule is CCOC(=O)[C@@H](CC(=O)[C@H](Cc1ccc([N+](=O)[O-])cc1)NC(=O)OC(C)(C)C)Cc1ccc(F)cc1. The first-order chi connectivity index (χ1) is 16.9. The van der Waals surface area contributed by atoms with Crippen LogP contribution in [0.5, 0.6) is 0 Å². The molecule has 1 amide bonds. The number of carbonyl (C=O) groups is 3. The molecule has 1 N–H and O–H groups in total. The molecule has 2 rings (SSSR count). The summed E-state index contributed by atoms with van der Waals surface area (Å²) in [4.78, 5) is 48.8. The molecule has 0 saturated heterocycles. The van der Waals surface area contributed by atoms with Gasteiger partial charge in [0.15, 0.2) is 5.78 Å². The zero-order valence-corrected chi connectivity index (χ0v) is 20.8. The monoisotopic (exact) mass is 502 g/mol. The predicted octanol–water partition coefficient (Wildman–Crippen LogP) is 4.55. The lowest BCUT2D eigenvalue weighted by atomic mass is 9.90. The van der Waals surface area contributed by atoms with E-state index in [1.807, 2.05) is 0 Å². The van der Waals surface area contributed by atoms with Crippen LogP contribution in [0.2, 0.25) is 0 Å². The molecule has 0 aliphatic carbocycles. The number of non-ortho nitro benzene ring substituents is 1. The van der Waals surface area contributed by atoms with Gasteiger partial charge in [-0.1, -0.05) is 24.3 Å². The number of hydrogen-bond acceptors (Lipinski definition) is 7. The Morgan fingerprint density at radius 3 is 2.08 bits per heavy atom. The average molecular weight is 503 g/mol. The zero-order chi connectivity index (χ0) is 26.9. The average Bonchev–Trinajstić information content (AvgIpc) is 2.78. The first-order valence-electron chi connectivity index (χ1n) is 11.5. The second-order valence-corrected chi connectivity index (χ2v) is 9.28. The number of nitro benzene ring substituents is 1. The van der Waals surface area contributed by atoms with Gasteiger partial charge in [0.1, 0.15) is 11.4 Å². The Hall–Kier alpha value is -3.82. The number of benzene rings is 2. The van der Waals surface area contributed by atoms with Crippen LogP contribution in [0.15, 0.2) is 48.5 Å². The van der Waals surface area contributed by atoms with Crippen LogP contribution in [0.4, 0.5) is 14.9 Å². The number of nitro groups is 1. The van der Waals surface area contributed by atoms with Crippen molar-refractivity contribution in [2.45, 2.75) is 58.6 Å². The van der Waals surface area contributed by atoms with E-state index in [9.17, 15) is 28.9 Å². The van der Waals surface area contributed by atoms with Crippen molar-refractivity contribution in [1.82, 2.24) is 5.32 Å². The largest absolute Gasteiger partial charge is 0.466 e. The van der Waals surface area contributed by atoms with Gasteiger partial charge in [-0.25, -0.2) is 9.18 Å². The Kier molecular flexibility index (Phi) is 10.1. The molecule has 10 heteroatoms. The third-order valence-electron chi connectivity index (χ3n) is 5.13. The lowest BCUT2D eigenvalue weighted by molar-refractivity contribution is -0.384. The number of hydrogen-bond donors (Lipinski definition) is 1. The third kappa shape index (κ3) is 9.44. The van der Waals surface area contributed by atoms with Gasteiger partial charge in [0.2, 0.25) is 0 Å². The van der Waals surface area contributed by atoms with Crippen molar-refractivity contribution in [2.75, 3.05) is 6.61 Å². The van der Waals surface area contributed by atoms with E-state index in [0.717, 1.165) is 0 Å². The lowest BCUT2D eigenvalue weighted by Crippen LogP contribution is -2.45. The predicted molar refractivity (Wildman–Crippen MR) is 130 cm³/mol. The molecule has 0 saturated carbocycles. The molecule has 0 bridgehead atoms. The molecule has 0 aromatic heterocycles. The maximum Gasteiger partial charge on any atom is 0.408 e. The van der Waals surface area contributed by atoms with Gasteiger partial charge in [-0.2, -0.15) is 0 Å². The number of Topliss-reactive ketones (excluding diaryl/α,β-unsaturated/α-hetero) is 1. The Bertz CT molecular complexity index is 1060. The summed E-state index contributed by atoms with van der Waals surface area (Å²) in [6, 6.07) is 10.1. The van der Waals surface area contributed by atoms with E-state index >= 15 is 0 Å². The van der Waals surface area contributed by atoms with Crippen LogP contribution in [0.25, 0.3) is 0 Å². The number of halogens is 1. The third-order valence-corrected chi connectivity index (χ3v) is 5.13. The molecule has 0 fully saturated rings. The number of nitrogens with zero attached hydrogens (tertiary/aromatic N) is 1. The molecule has 2 aromatic carbocycles. The molecule has 2 aromatic rings. The van der Waals surface area contributed by atoms with Crippen LogP contribution in [-0.4, -0.2) is 41.0 Å². The van der Waals surface area contributed by atoms with Gasteiger partial charge in [-0.3, -0.25) is 19.7 Å². The minimum absolute atomic E-state index is 0.0299. The first kappa shape index (κ1) is 28.4. The van der Waals surface area contributed by atoms with E-state index in [2.05, 4.69) is 5.32 Å². The molecule has 0 aliphatic heterocycles. The summed E-state index contributed by atoms with van der Waals surface area (Å²) in [5, 5.41) is 13.5. The van der Waals surface area contributed by atoms with Crippen molar-refractivity contribution < 1.29 is 33.2 Å². The Labute approximate surface area is 209 Å². The molecule has 9 nitrogen and oxygen atoms in total. The van der Waals surface area contributed by atoms with Crippen LogP contribution in [-0.2, 0) is 31.9 Å². The molecule has 194 valence electrons. The highest BCUT2D eigenvalue weighted by molar-refractivity contribution is 5.91. The van der Waals surface area contributed by atoms with Crippen LogP contribution in [0.3, 0.4) is 0 Å². The summed E-state index contributed by atoms with van der Waals surface area (Å²) in [7, 11) is 0. The van der Waals surface area contributed by atoms with E-state index in [4.69, 9.17) is 9.47 Å². The number of esters is 1. The van der Waals surface area contributed by atoms with Crippen LogP contribution >= 0.6 is 0 Å². The van der Waals surface area contributed by atoms with Gasteiger partial charge in [0.25, 0.3) is 5.69 Å². The van der Waals surface area contributed by atoms with Crippen LogP contribution < -0.4 is 5.32 Å². The maximum absolute atomic E-state index is 13.3. The number of rotatable bonds is 11. The van der Waals surface area contributed by atoms with E-state index in [-0.39, 0.29) is 31.6 Å². The normalized spacial score (nSPS) is 12.8. The first-order valence-corrected chi connectivity index (χ1v) is 11.5. The van der Waals surface area contributed by atoms with Gasteiger partial charge in [-0.05, 0) is 63.8 Å². The highest BCUT2D eigenvalue weighted by Crippen LogP contribution is 2.19. The Morgan fingerprint density at radius 2 is 1.56 bits per heavy atom. The maximum atomic E-state index is 13.3. The van der Waals surface area contributed by atoms with Gasteiger partial charge in [0, 0.05) is 18.6 Å². The Balaban J connectivity index is 2.26. The van der Waals surface area contributed by atoms with Gasteiger partial charge in [-0.15, -0.1) is 0 Å². The number of amides is 1. The molecular weight excluding hydrogens is 471 g/mol. The molecule has 2 atom stereocenters. The summed E-state index contributed by atoms with van der Waals surface area (Å²) in [6.07, 6.45) is -0.887. The minimum Gasteiger partial charge on any atom is -0.466 e. The second kappa shape index (κ2) is 12.8. The number of ketones is 1. The molecule has 0 unspecified atom stereocenters. The zero-order valence-electron chi connectivity index (χ0n) is 20.8. The topological polar surface area (TPSA) is 125 Å². The lowest BCUT2D eigenvalue weighted by Gasteiger charge is -2.24. The van der Waals surface area contributed by atoms with Gasteiger partial charge >= 0.3 is 12.1 Å². The highest BCUT2D eigenvalue weighted by atomic mass is 19.1. The molecule has 0 aliphatic rings. The molecule has 0 heterocycles. The molecule has 0 spiro atoms. The van der Waals surface area contributed by atoms with E-state index in [1.165, 1.54) is 48.5 Å². The van der Waals surface area contributed by atoms with E-state index in [0.29, 0.717) is 11.1 Å². The fraction of sp³-hybridized carbons (Fsp3) is 0.423. The molecule has 0 radical (unpaired) electrons. The number of carbonyl (C=O) groups excluding carboxylic acids is 3. The highest BCUT2D eigenvalue weighted by Gasteiger charge is 2.30. The van der Waals surface area contributed by atoms with Crippen molar-refractivity contribution in [3.63, 3.8) is 0 Å². The van der Waals surface area contributed by atoms with Gasteiger partial charge < -0.3 is 14.8 Å². The number of alkyl carbamates (subject to hydrolysis) is 1. The van der Waals surface area contributed by atoms with Gasteiger partial charge in [0.05, 0.1) is 23.5 Å². The summed E-state index contributed by atoms with van der Waals surface area (Å²) in [5.41, 5.74) is 0.306. The fourth-order valence-electron chi connectivity index (χ4n) is 3.47. The van der Waals surface area contributed by atoms with Crippen molar-refractivity contribution in [1.29, 1.82) is 0 Å². The van der Waals surface area contributed by atoms with E-state index in [1.54, 1.807) is 27.7 Å². The number of ether oxygens (including phenoxy) is 2. The van der Waals surface area contributed by atoms with Crippen molar-refractivity contribution >= 4 is 23.5 Å². The summed E-state index contributed by atoms with van der Waals surface area (Å²) in [5.74, 6) is -2.31. The van der Waals surface area contributed by atoms with Crippen molar-refractivity contribution in [2.24, 2.45) is 5.92 Å². The molecular formula is C26H31FN2O7.